The summed E-state index contributed by atoms with van der Waals surface area (Å²) >= 11 is 0. The standard InChI is InChI=1S/C17H15F3O/c1-12-4-2-3-5-15(12)16(21)11-8-13-6-9-14(10-7-13)17(18,19)20/h2-7,9-10H,8,11H2,1H3. The van der Waals surface area contributed by atoms with Crippen LogP contribution in [0, 0.1) is 6.92 Å². The highest BCUT2D eigenvalue weighted by Crippen LogP contribution is 2.29. The molecule has 0 fully saturated rings. The predicted octanol–water partition coefficient (Wildman–Crippen LogP) is 4.83. The normalized spacial score (nSPS) is 11.4. The fourth-order valence-electron chi connectivity index (χ4n) is 2.14. The van der Waals surface area contributed by atoms with Crippen molar-refractivity contribution in [1.82, 2.24) is 0 Å². The number of halogens is 3. The van der Waals surface area contributed by atoms with Crippen LogP contribution in [0.3, 0.4) is 0 Å². The van der Waals surface area contributed by atoms with Gasteiger partial charge < -0.3 is 0 Å². The first-order valence-electron chi connectivity index (χ1n) is 6.63. The molecule has 1 nitrogen and oxygen atoms in total. The number of ketones is 1. The van der Waals surface area contributed by atoms with E-state index in [4.69, 9.17) is 0 Å². The molecule has 0 heterocycles. The Hall–Kier alpha value is -2.10. The van der Waals surface area contributed by atoms with Gasteiger partial charge in [0.05, 0.1) is 5.56 Å². The Balaban J connectivity index is 2.00. The summed E-state index contributed by atoms with van der Waals surface area (Å²) in [6.45, 7) is 1.87. The molecule has 0 amide bonds. The summed E-state index contributed by atoms with van der Waals surface area (Å²) < 4.78 is 37.3. The van der Waals surface area contributed by atoms with E-state index in [-0.39, 0.29) is 12.2 Å². The molecule has 0 unspecified atom stereocenters. The van der Waals surface area contributed by atoms with Crippen LogP contribution in [0.25, 0.3) is 0 Å². The van der Waals surface area contributed by atoms with Crippen LogP contribution in [-0.2, 0) is 12.6 Å². The molecule has 0 saturated heterocycles. The van der Waals surface area contributed by atoms with E-state index in [1.807, 2.05) is 19.1 Å². The fourth-order valence-corrected chi connectivity index (χ4v) is 2.14. The number of rotatable bonds is 4. The average Bonchev–Trinajstić information content (AvgIpc) is 2.45. The molecular weight excluding hydrogens is 277 g/mol. The fraction of sp³-hybridized carbons (Fsp3) is 0.235. The highest BCUT2D eigenvalue weighted by molar-refractivity contribution is 5.97. The minimum absolute atomic E-state index is 0.00741. The maximum absolute atomic E-state index is 12.4. The second kappa shape index (κ2) is 6.12. The summed E-state index contributed by atoms with van der Waals surface area (Å²) in [5.41, 5.74) is 1.64. The van der Waals surface area contributed by atoms with Crippen molar-refractivity contribution in [2.45, 2.75) is 25.9 Å². The van der Waals surface area contributed by atoms with E-state index < -0.39 is 11.7 Å². The van der Waals surface area contributed by atoms with Gasteiger partial charge in [0, 0.05) is 12.0 Å². The van der Waals surface area contributed by atoms with Crippen molar-refractivity contribution in [2.75, 3.05) is 0 Å². The van der Waals surface area contributed by atoms with Crippen LogP contribution >= 0.6 is 0 Å². The van der Waals surface area contributed by atoms with Gasteiger partial charge in [-0.3, -0.25) is 4.79 Å². The maximum atomic E-state index is 12.4. The van der Waals surface area contributed by atoms with E-state index in [9.17, 15) is 18.0 Å². The molecule has 110 valence electrons. The van der Waals surface area contributed by atoms with Gasteiger partial charge in [0.1, 0.15) is 0 Å². The van der Waals surface area contributed by atoms with E-state index in [1.54, 1.807) is 12.1 Å². The van der Waals surface area contributed by atoms with Crippen LogP contribution in [0.2, 0.25) is 0 Å². The van der Waals surface area contributed by atoms with Gasteiger partial charge in [0.2, 0.25) is 0 Å². The monoisotopic (exact) mass is 292 g/mol. The summed E-state index contributed by atoms with van der Waals surface area (Å²) in [4.78, 5) is 12.1. The van der Waals surface area contributed by atoms with E-state index in [0.717, 1.165) is 23.3 Å². The zero-order chi connectivity index (χ0) is 15.5. The van der Waals surface area contributed by atoms with Crippen LogP contribution in [0.4, 0.5) is 13.2 Å². The second-order valence-corrected chi connectivity index (χ2v) is 4.93. The van der Waals surface area contributed by atoms with E-state index in [0.29, 0.717) is 12.0 Å². The molecule has 21 heavy (non-hydrogen) atoms. The van der Waals surface area contributed by atoms with Crippen LogP contribution in [0.15, 0.2) is 48.5 Å². The van der Waals surface area contributed by atoms with Gasteiger partial charge >= 0.3 is 6.18 Å². The third-order valence-electron chi connectivity index (χ3n) is 3.37. The number of hydrogen-bond donors (Lipinski definition) is 0. The number of aryl methyl sites for hydroxylation is 2. The van der Waals surface area contributed by atoms with Crippen molar-refractivity contribution in [3.8, 4) is 0 Å². The van der Waals surface area contributed by atoms with Crippen molar-refractivity contribution in [2.24, 2.45) is 0 Å². The number of benzene rings is 2. The average molecular weight is 292 g/mol. The lowest BCUT2D eigenvalue weighted by Crippen LogP contribution is -2.05. The van der Waals surface area contributed by atoms with Crippen molar-refractivity contribution in [1.29, 1.82) is 0 Å². The summed E-state index contributed by atoms with van der Waals surface area (Å²) in [5, 5.41) is 0. The highest BCUT2D eigenvalue weighted by Gasteiger charge is 2.29. The predicted molar refractivity (Wildman–Crippen MR) is 75.3 cm³/mol. The Morgan fingerprint density at radius 3 is 2.19 bits per heavy atom. The first kappa shape index (κ1) is 15.3. The first-order chi connectivity index (χ1) is 9.88. The largest absolute Gasteiger partial charge is 0.416 e. The molecule has 0 aliphatic heterocycles. The van der Waals surface area contributed by atoms with Crippen LogP contribution in [0.5, 0.6) is 0 Å². The Kier molecular flexibility index (Phi) is 4.46. The lowest BCUT2D eigenvalue weighted by atomic mass is 9.99. The lowest BCUT2D eigenvalue weighted by Gasteiger charge is -2.08. The van der Waals surface area contributed by atoms with Crippen molar-refractivity contribution in [3.63, 3.8) is 0 Å². The third-order valence-corrected chi connectivity index (χ3v) is 3.37. The Bertz CT molecular complexity index is 627. The second-order valence-electron chi connectivity index (χ2n) is 4.93. The quantitative estimate of drug-likeness (QED) is 0.738. The summed E-state index contributed by atoms with van der Waals surface area (Å²) in [6.07, 6.45) is -3.60. The molecule has 0 bridgehead atoms. The molecular formula is C17H15F3O. The van der Waals surface area contributed by atoms with E-state index in [1.165, 1.54) is 12.1 Å². The number of carbonyl (C=O) groups is 1. The number of alkyl halides is 3. The Morgan fingerprint density at radius 1 is 1.00 bits per heavy atom. The van der Waals surface area contributed by atoms with E-state index in [2.05, 4.69) is 0 Å². The molecule has 0 N–H and O–H groups in total. The number of Topliss-reactive ketones (excluding diaryl/α,β-unsaturated/α-hetero) is 1. The maximum Gasteiger partial charge on any atom is 0.416 e. The molecule has 0 aliphatic rings. The summed E-state index contributed by atoms with van der Waals surface area (Å²) in [7, 11) is 0. The Morgan fingerprint density at radius 2 is 1.62 bits per heavy atom. The van der Waals surface area contributed by atoms with Gasteiger partial charge in [-0.25, -0.2) is 0 Å². The van der Waals surface area contributed by atoms with Crippen LogP contribution in [0.1, 0.15) is 33.5 Å². The third kappa shape index (κ3) is 3.94. The van der Waals surface area contributed by atoms with Gasteiger partial charge in [-0.15, -0.1) is 0 Å². The minimum atomic E-state index is -4.32. The van der Waals surface area contributed by atoms with Crippen LogP contribution in [-0.4, -0.2) is 5.78 Å². The van der Waals surface area contributed by atoms with Crippen LogP contribution < -0.4 is 0 Å². The zero-order valence-electron chi connectivity index (χ0n) is 11.6. The highest BCUT2D eigenvalue weighted by atomic mass is 19.4. The summed E-state index contributed by atoms with van der Waals surface area (Å²) in [5.74, 6) is 0.00741. The molecule has 2 aromatic rings. The van der Waals surface area contributed by atoms with Crippen molar-refractivity contribution < 1.29 is 18.0 Å². The molecule has 0 spiro atoms. The molecule has 0 atom stereocenters. The SMILES string of the molecule is Cc1ccccc1C(=O)CCc1ccc(C(F)(F)F)cc1. The molecule has 2 rings (SSSR count). The number of hydrogen-bond acceptors (Lipinski definition) is 1. The molecule has 0 saturated carbocycles. The van der Waals surface area contributed by atoms with Crippen molar-refractivity contribution in [3.05, 3.63) is 70.8 Å². The van der Waals surface area contributed by atoms with E-state index >= 15 is 0 Å². The zero-order valence-corrected chi connectivity index (χ0v) is 11.6. The Labute approximate surface area is 121 Å². The minimum Gasteiger partial charge on any atom is -0.294 e. The molecule has 2 aromatic carbocycles. The molecule has 0 aliphatic carbocycles. The van der Waals surface area contributed by atoms with Gasteiger partial charge in [-0.05, 0) is 36.6 Å². The van der Waals surface area contributed by atoms with Gasteiger partial charge in [-0.2, -0.15) is 13.2 Å². The van der Waals surface area contributed by atoms with Crippen molar-refractivity contribution >= 4 is 5.78 Å². The lowest BCUT2D eigenvalue weighted by molar-refractivity contribution is -0.137. The summed E-state index contributed by atoms with van der Waals surface area (Å²) in [6, 6.07) is 12.2. The van der Waals surface area contributed by atoms with Gasteiger partial charge in [-0.1, -0.05) is 36.4 Å². The molecule has 0 radical (unpaired) electrons. The first-order valence-corrected chi connectivity index (χ1v) is 6.63. The smallest absolute Gasteiger partial charge is 0.294 e. The molecule has 4 heteroatoms. The van der Waals surface area contributed by atoms with Gasteiger partial charge in [0.25, 0.3) is 0 Å². The van der Waals surface area contributed by atoms with Gasteiger partial charge in [0.15, 0.2) is 5.78 Å². The molecule has 0 aromatic heterocycles. The number of carbonyl (C=O) groups excluding carboxylic acids is 1. The topological polar surface area (TPSA) is 17.1 Å².